The zero-order valence-electron chi connectivity index (χ0n) is 29.2. The van der Waals surface area contributed by atoms with Gasteiger partial charge in [-0.05, 0) is 12.8 Å². The molecule has 1 aliphatic carbocycles. The summed E-state index contributed by atoms with van der Waals surface area (Å²) >= 11 is 0. The van der Waals surface area contributed by atoms with E-state index in [1.807, 2.05) is 13.8 Å². The largest absolute Gasteiger partial charge is 0.756 e. The van der Waals surface area contributed by atoms with Gasteiger partial charge in [-0.3, -0.25) is 23.3 Å². The molecule has 0 aromatic rings. The van der Waals surface area contributed by atoms with E-state index < -0.39 is 91.3 Å². The van der Waals surface area contributed by atoms with Gasteiger partial charge < -0.3 is 85.8 Å². The van der Waals surface area contributed by atoms with Gasteiger partial charge in [-0.1, -0.05) is 65.2 Å². The maximum atomic E-state index is 12.7. The van der Waals surface area contributed by atoms with Crippen molar-refractivity contribution in [1.82, 2.24) is 18.5 Å². The van der Waals surface area contributed by atoms with Crippen molar-refractivity contribution < 1.29 is 90.6 Å². The smallest absolute Gasteiger partial charge is 0.306 e. The van der Waals surface area contributed by atoms with Crippen molar-refractivity contribution in [2.24, 2.45) is 0 Å². The van der Waals surface area contributed by atoms with Gasteiger partial charge in [0.2, 0.25) is 0 Å². The zero-order valence-corrected chi connectivity index (χ0v) is 31.9. The van der Waals surface area contributed by atoms with Crippen LogP contribution in [0, 0.1) is 0 Å². The molecule has 0 radical (unpaired) electrons. The Bertz CT molecular complexity index is 1060. The van der Waals surface area contributed by atoms with Crippen LogP contribution in [0.2, 0.25) is 0 Å². The summed E-state index contributed by atoms with van der Waals surface area (Å²) in [7, 11) is -17.3. The van der Waals surface area contributed by atoms with Crippen LogP contribution >= 0.6 is 23.5 Å². The zero-order chi connectivity index (χ0) is 35.8. The number of ether oxygens (including phenoxy) is 2. The van der Waals surface area contributed by atoms with Crippen LogP contribution in [0.3, 0.4) is 0 Å². The molecule has 1 fully saturated rings. The number of rotatable bonds is 24. The molecular weight excluding hydrogens is 739 g/mol. The maximum Gasteiger partial charge on any atom is 0.306 e. The standard InChI is InChI=1S/C25H49O19P3.3H3N/c1-3-5-7-9-11-13-18(26)39-15-17(41-19(27)14-12-10-8-6-4-2)16-40-47(37,38)44-25-21(29)23(42-45(31,32)33)20(28)24(22(25)30)43-46(34,35)36;;;/h17,20-25,28-30H,3-16H2,1-2H3,(H,37,38)(H2,31,32,33)(H2,34,35,36);3*1H3/t17-,20?,21?,22?,23-,24?,25?;;;/m1.../s1. The summed E-state index contributed by atoms with van der Waals surface area (Å²) in [5.74, 6) is -1.40. The minimum atomic E-state index is -5.81. The lowest BCUT2D eigenvalue weighted by atomic mass is 9.85. The summed E-state index contributed by atoms with van der Waals surface area (Å²) in [5.41, 5.74) is 0. The maximum absolute atomic E-state index is 12.7. The lowest BCUT2D eigenvalue weighted by Gasteiger charge is -2.47. The molecule has 8 unspecified atom stereocenters. The summed E-state index contributed by atoms with van der Waals surface area (Å²) in [6.07, 6.45) is -8.76. The first kappa shape index (κ1) is 53.4. The molecule has 25 heteroatoms. The molecule has 0 heterocycles. The van der Waals surface area contributed by atoms with Crippen LogP contribution in [-0.2, 0) is 50.9 Å². The molecule has 1 saturated carbocycles. The molecule has 0 bridgehead atoms. The van der Waals surface area contributed by atoms with Crippen molar-refractivity contribution in [2.45, 2.75) is 134 Å². The number of phosphoric acid groups is 3. The second kappa shape index (κ2) is 25.9. The first-order valence-electron chi connectivity index (χ1n) is 15.3. The fourth-order valence-electron chi connectivity index (χ4n) is 4.57. The summed E-state index contributed by atoms with van der Waals surface area (Å²) in [4.78, 5) is 77.9. The summed E-state index contributed by atoms with van der Waals surface area (Å²) in [6, 6.07) is 0. The van der Waals surface area contributed by atoms with Gasteiger partial charge in [-0.2, -0.15) is 0 Å². The highest BCUT2D eigenvalue weighted by molar-refractivity contribution is 7.46. The van der Waals surface area contributed by atoms with Crippen LogP contribution in [-0.4, -0.2) is 93.0 Å². The quantitative estimate of drug-likeness (QED) is 0.0383. The van der Waals surface area contributed by atoms with E-state index in [0.29, 0.717) is 12.8 Å². The molecule has 302 valence electrons. The number of aliphatic hydroxyl groups excluding tert-OH is 3. The monoisotopic (exact) mass is 797 g/mol. The number of phosphoric ester groups is 3. The van der Waals surface area contributed by atoms with Crippen LogP contribution in [0.4, 0.5) is 0 Å². The predicted octanol–water partition coefficient (Wildman–Crippen LogP) is 0.949. The predicted molar refractivity (Wildman–Crippen MR) is 171 cm³/mol. The van der Waals surface area contributed by atoms with Gasteiger partial charge in [0, 0.05) is 12.8 Å². The van der Waals surface area contributed by atoms with Crippen molar-refractivity contribution in [1.29, 1.82) is 0 Å². The van der Waals surface area contributed by atoms with Gasteiger partial charge >= 0.3 is 11.9 Å². The van der Waals surface area contributed by atoms with Crippen LogP contribution in [0.1, 0.15) is 90.9 Å². The summed E-state index contributed by atoms with van der Waals surface area (Å²) in [5, 5.41) is 31.2. The Morgan fingerprint density at radius 1 is 0.620 bits per heavy atom. The average molecular weight is 798 g/mol. The number of hydrogen-bond acceptors (Lipinski definition) is 17. The second-order valence-electron chi connectivity index (χ2n) is 11.0. The normalized spacial score (nSPS) is 26.0. The first-order valence-corrected chi connectivity index (χ1v) is 19.7. The molecule has 0 spiro atoms. The molecular formula is C25H58N3O19P3. The minimum Gasteiger partial charge on any atom is -0.756 e. The number of carbonyl (C=O) groups is 2. The first-order chi connectivity index (χ1) is 21.8. The summed E-state index contributed by atoms with van der Waals surface area (Å²) in [6.45, 7) is 2.42. The van der Waals surface area contributed by atoms with E-state index in [1.54, 1.807) is 0 Å². The molecule has 0 aliphatic heterocycles. The van der Waals surface area contributed by atoms with Crippen LogP contribution in [0.15, 0.2) is 0 Å². The topological polar surface area (TPSA) is 421 Å². The fourth-order valence-corrected chi connectivity index (χ4v) is 6.64. The van der Waals surface area contributed by atoms with Crippen molar-refractivity contribution in [3.05, 3.63) is 0 Å². The van der Waals surface area contributed by atoms with Gasteiger partial charge in [-0.15, -0.1) is 0 Å². The van der Waals surface area contributed by atoms with E-state index >= 15 is 0 Å². The molecule has 0 aromatic heterocycles. The number of hydrogen-bond donors (Lipinski definition) is 8. The number of unbranched alkanes of at least 4 members (excludes halogenated alkanes) is 8. The number of esters is 2. The number of carbonyl (C=O) groups excluding carboxylic acids is 2. The van der Waals surface area contributed by atoms with E-state index in [0.717, 1.165) is 51.4 Å². The Morgan fingerprint density at radius 2 is 1.00 bits per heavy atom. The average Bonchev–Trinajstić information content (AvgIpc) is 2.96. The fraction of sp³-hybridized carbons (Fsp3) is 0.920. The molecule has 1 rings (SSSR count). The van der Waals surface area contributed by atoms with Crippen LogP contribution < -0.4 is 33.1 Å². The van der Waals surface area contributed by atoms with E-state index in [2.05, 4.69) is 13.6 Å². The SMILES string of the molecule is CCCCCCCC(=O)OC[C@H](COP(=O)([O-])OC1C(O)C(OP(=O)([O-])O)C(O)[C@@H](OP(=O)([O-])O)C1O)OC(=O)CCCCCCC.[NH4+].[NH4+].[NH4+]. The molecule has 10 atom stereocenters. The van der Waals surface area contributed by atoms with Gasteiger partial charge in [0.1, 0.15) is 43.2 Å². The molecule has 0 aromatic carbocycles. The molecule has 50 heavy (non-hydrogen) atoms. The lowest BCUT2D eigenvalue weighted by molar-refractivity contribution is -0.278. The third kappa shape index (κ3) is 22.2. The van der Waals surface area contributed by atoms with E-state index in [4.69, 9.17) is 23.8 Å². The van der Waals surface area contributed by atoms with Gasteiger partial charge in [0.25, 0.3) is 23.5 Å². The minimum absolute atomic E-state index is 0. The van der Waals surface area contributed by atoms with Crippen LogP contribution in [0.25, 0.3) is 0 Å². The Kier molecular flexibility index (Phi) is 27.7. The third-order valence-electron chi connectivity index (χ3n) is 6.90. The molecule has 0 saturated heterocycles. The van der Waals surface area contributed by atoms with Crippen molar-refractivity contribution in [2.75, 3.05) is 13.2 Å². The molecule has 0 amide bonds. The highest BCUT2D eigenvalue weighted by Crippen LogP contribution is 2.47. The Morgan fingerprint density at radius 3 is 1.40 bits per heavy atom. The van der Waals surface area contributed by atoms with Crippen molar-refractivity contribution in [3.8, 4) is 0 Å². The van der Waals surface area contributed by atoms with E-state index in [1.165, 1.54) is 0 Å². The molecule has 1 aliphatic rings. The van der Waals surface area contributed by atoms with Gasteiger partial charge in [0.15, 0.2) is 6.10 Å². The highest BCUT2D eigenvalue weighted by atomic mass is 31.2. The van der Waals surface area contributed by atoms with E-state index in [-0.39, 0.29) is 31.3 Å². The van der Waals surface area contributed by atoms with Crippen molar-refractivity contribution >= 4 is 35.4 Å². The Hall–Kier alpha value is -0.970. The Labute approximate surface area is 291 Å². The summed E-state index contributed by atoms with van der Waals surface area (Å²) < 4.78 is 63.1. The Balaban J connectivity index is -0.00000736. The highest BCUT2D eigenvalue weighted by Gasteiger charge is 2.54. The molecule has 22 nitrogen and oxygen atoms in total. The second-order valence-corrected chi connectivity index (χ2v) is 14.6. The number of aliphatic hydroxyl groups is 3. The van der Waals surface area contributed by atoms with Gasteiger partial charge in [0.05, 0.1) is 6.61 Å². The van der Waals surface area contributed by atoms with Crippen molar-refractivity contribution in [3.63, 3.8) is 0 Å². The van der Waals surface area contributed by atoms with Crippen LogP contribution in [0.5, 0.6) is 0 Å². The number of quaternary nitrogens is 3. The lowest BCUT2D eigenvalue weighted by Crippen LogP contribution is -2.65. The van der Waals surface area contributed by atoms with E-state index in [9.17, 15) is 53.3 Å². The molecule has 17 N–H and O–H groups in total. The van der Waals surface area contributed by atoms with Gasteiger partial charge in [-0.25, -0.2) is 0 Å². The third-order valence-corrected chi connectivity index (χ3v) is 8.88.